The molecule has 3 aromatic rings. The molecule has 0 radical (unpaired) electrons. The first-order chi connectivity index (χ1) is 12.4. The van der Waals surface area contributed by atoms with Crippen molar-refractivity contribution in [1.82, 2.24) is 15.0 Å². The first-order valence-corrected chi connectivity index (χ1v) is 10.8. The standard InChI is InChI=1S/C20H24N4S2/c1-20(2,3)13-6-7-14-15(9-13)26-18-16(14)17(21)23-19(24-18)25-11-12-5-4-8-22-10-12/h4-5,8,10,13H,6-7,9,11H2,1-3H3,(H2,21,23,24). The van der Waals surface area contributed by atoms with Crippen LogP contribution in [0.3, 0.4) is 0 Å². The summed E-state index contributed by atoms with van der Waals surface area (Å²) in [6.07, 6.45) is 7.12. The Morgan fingerprint density at radius 1 is 1.31 bits per heavy atom. The van der Waals surface area contributed by atoms with Gasteiger partial charge in [-0.05, 0) is 47.8 Å². The molecule has 0 aliphatic heterocycles. The van der Waals surface area contributed by atoms with E-state index in [4.69, 9.17) is 10.7 Å². The van der Waals surface area contributed by atoms with Crippen LogP contribution in [0, 0.1) is 11.3 Å². The van der Waals surface area contributed by atoms with Crippen LogP contribution in [0.4, 0.5) is 5.82 Å². The molecule has 2 N–H and O–H groups in total. The lowest BCUT2D eigenvalue weighted by molar-refractivity contribution is 0.218. The van der Waals surface area contributed by atoms with Crippen molar-refractivity contribution in [2.45, 2.75) is 50.9 Å². The largest absolute Gasteiger partial charge is 0.383 e. The Morgan fingerprint density at radius 2 is 2.15 bits per heavy atom. The minimum atomic E-state index is 0.343. The number of nitrogens with zero attached hydrogens (tertiary/aromatic N) is 3. The van der Waals surface area contributed by atoms with Crippen molar-refractivity contribution in [2.75, 3.05) is 5.73 Å². The van der Waals surface area contributed by atoms with Crippen molar-refractivity contribution in [2.24, 2.45) is 11.3 Å². The van der Waals surface area contributed by atoms with Crippen LogP contribution in [-0.2, 0) is 18.6 Å². The van der Waals surface area contributed by atoms with Gasteiger partial charge in [-0.3, -0.25) is 4.98 Å². The molecule has 1 unspecified atom stereocenters. The predicted molar refractivity (Wildman–Crippen MR) is 111 cm³/mol. The molecule has 0 spiro atoms. The normalized spacial score (nSPS) is 17.4. The molecule has 1 aliphatic carbocycles. The molecule has 6 heteroatoms. The number of nitrogens with two attached hydrogens (primary N) is 1. The summed E-state index contributed by atoms with van der Waals surface area (Å²) in [6.45, 7) is 7.03. The van der Waals surface area contributed by atoms with E-state index >= 15 is 0 Å². The lowest BCUT2D eigenvalue weighted by Gasteiger charge is -2.33. The molecule has 0 aromatic carbocycles. The van der Waals surface area contributed by atoms with Crippen LogP contribution in [0.1, 0.15) is 43.2 Å². The Morgan fingerprint density at radius 3 is 2.88 bits per heavy atom. The molecule has 26 heavy (non-hydrogen) atoms. The first kappa shape index (κ1) is 17.7. The van der Waals surface area contributed by atoms with Gasteiger partial charge < -0.3 is 5.73 Å². The van der Waals surface area contributed by atoms with Crippen LogP contribution in [0.25, 0.3) is 10.2 Å². The summed E-state index contributed by atoms with van der Waals surface area (Å²) in [5, 5.41) is 1.85. The first-order valence-electron chi connectivity index (χ1n) is 9.01. The summed E-state index contributed by atoms with van der Waals surface area (Å²) in [5.74, 6) is 2.16. The lowest BCUT2D eigenvalue weighted by Crippen LogP contribution is -2.26. The smallest absolute Gasteiger partial charge is 0.191 e. The molecule has 0 fully saturated rings. The molecule has 4 nitrogen and oxygen atoms in total. The third-order valence-corrected chi connectivity index (χ3v) is 7.30. The van der Waals surface area contributed by atoms with Crippen LogP contribution in [0.5, 0.6) is 0 Å². The quantitative estimate of drug-likeness (QED) is 0.502. The third-order valence-electron chi connectivity index (χ3n) is 5.23. The molecule has 4 rings (SSSR count). The molecule has 0 amide bonds. The van der Waals surface area contributed by atoms with Crippen LogP contribution in [-0.4, -0.2) is 15.0 Å². The van der Waals surface area contributed by atoms with Crippen LogP contribution >= 0.6 is 23.1 Å². The number of rotatable bonds is 3. The van der Waals surface area contributed by atoms with E-state index < -0.39 is 0 Å². The van der Waals surface area contributed by atoms with E-state index in [0.29, 0.717) is 11.2 Å². The number of fused-ring (bicyclic) bond motifs is 3. The molecule has 136 valence electrons. The molecular weight excluding hydrogens is 360 g/mol. The molecule has 3 aromatic heterocycles. The number of hydrogen-bond acceptors (Lipinski definition) is 6. The van der Waals surface area contributed by atoms with Gasteiger partial charge in [-0.1, -0.05) is 38.6 Å². The van der Waals surface area contributed by atoms with Gasteiger partial charge in [-0.2, -0.15) is 0 Å². The van der Waals surface area contributed by atoms with Gasteiger partial charge in [-0.15, -0.1) is 11.3 Å². The zero-order chi connectivity index (χ0) is 18.3. The fraction of sp³-hybridized carbons (Fsp3) is 0.450. The fourth-order valence-corrected chi connectivity index (χ4v) is 5.77. The van der Waals surface area contributed by atoms with Gasteiger partial charge in [-0.25, -0.2) is 9.97 Å². The van der Waals surface area contributed by atoms with Crippen molar-refractivity contribution in [3.05, 3.63) is 40.5 Å². The molecule has 0 saturated heterocycles. The number of aromatic nitrogens is 3. The average Bonchev–Trinajstić information content (AvgIpc) is 2.98. The minimum absolute atomic E-state index is 0.343. The summed E-state index contributed by atoms with van der Waals surface area (Å²) < 4.78 is 0. The summed E-state index contributed by atoms with van der Waals surface area (Å²) >= 11 is 3.43. The number of anilines is 1. The van der Waals surface area contributed by atoms with Crippen LogP contribution in [0.15, 0.2) is 29.7 Å². The monoisotopic (exact) mass is 384 g/mol. The molecule has 1 atom stereocenters. The maximum absolute atomic E-state index is 6.34. The second-order valence-electron chi connectivity index (χ2n) is 8.03. The van der Waals surface area contributed by atoms with Crippen molar-refractivity contribution in [3.63, 3.8) is 0 Å². The zero-order valence-corrected chi connectivity index (χ0v) is 17.1. The second kappa shape index (κ2) is 6.82. The highest BCUT2D eigenvalue weighted by molar-refractivity contribution is 7.98. The Bertz CT molecular complexity index is 928. The van der Waals surface area contributed by atoms with Crippen molar-refractivity contribution >= 4 is 39.1 Å². The van der Waals surface area contributed by atoms with Gasteiger partial charge in [0, 0.05) is 23.0 Å². The molecule has 3 heterocycles. The highest BCUT2D eigenvalue weighted by atomic mass is 32.2. The van der Waals surface area contributed by atoms with Gasteiger partial charge in [0.15, 0.2) is 5.16 Å². The van der Waals surface area contributed by atoms with E-state index in [2.05, 4.69) is 36.8 Å². The van der Waals surface area contributed by atoms with Gasteiger partial charge in [0.25, 0.3) is 0 Å². The number of thiophene rings is 1. The number of nitrogen functional groups attached to an aromatic ring is 1. The number of pyridine rings is 1. The van der Waals surface area contributed by atoms with Crippen molar-refractivity contribution < 1.29 is 0 Å². The molecular formula is C20H24N4S2. The van der Waals surface area contributed by atoms with Crippen LogP contribution in [0.2, 0.25) is 0 Å². The average molecular weight is 385 g/mol. The second-order valence-corrected chi connectivity index (χ2v) is 10.1. The molecule has 0 saturated carbocycles. The predicted octanol–water partition coefficient (Wildman–Crippen LogP) is 5.11. The minimum Gasteiger partial charge on any atom is -0.383 e. The van der Waals surface area contributed by atoms with E-state index in [1.165, 1.54) is 22.4 Å². The highest BCUT2D eigenvalue weighted by Gasteiger charge is 2.31. The lowest BCUT2D eigenvalue weighted by atomic mass is 9.72. The van der Waals surface area contributed by atoms with E-state index in [0.717, 1.165) is 39.9 Å². The summed E-state index contributed by atoms with van der Waals surface area (Å²) in [5.41, 5.74) is 9.25. The third kappa shape index (κ3) is 3.45. The maximum Gasteiger partial charge on any atom is 0.191 e. The Balaban J connectivity index is 1.62. The van der Waals surface area contributed by atoms with Gasteiger partial charge in [0.2, 0.25) is 0 Å². The Kier molecular flexibility index (Phi) is 4.65. The van der Waals surface area contributed by atoms with Gasteiger partial charge in [0.05, 0.1) is 5.39 Å². The maximum atomic E-state index is 6.34. The van der Waals surface area contributed by atoms with Crippen molar-refractivity contribution in [1.29, 1.82) is 0 Å². The van der Waals surface area contributed by atoms with Crippen LogP contribution < -0.4 is 5.73 Å². The molecule has 1 aliphatic rings. The van der Waals surface area contributed by atoms with E-state index in [-0.39, 0.29) is 0 Å². The SMILES string of the molecule is CC(C)(C)C1CCc2c(sc3nc(SCc4cccnc4)nc(N)c23)C1. The van der Waals surface area contributed by atoms with Gasteiger partial charge >= 0.3 is 0 Å². The zero-order valence-electron chi connectivity index (χ0n) is 15.5. The topological polar surface area (TPSA) is 64.7 Å². The summed E-state index contributed by atoms with van der Waals surface area (Å²) in [7, 11) is 0. The fourth-order valence-electron chi connectivity index (χ4n) is 3.62. The highest BCUT2D eigenvalue weighted by Crippen LogP contribution is 2.44. The van der Waals surface area contributed by atoms with Crippen molar-refractivity contribution in [3.8, 4) is 0 Å². The summed E-state index contributed by atoms with van der Waals surface area (Å²) in [4.78, 5) is 16.1. The van der Waals surface area contributed by atoms with E-state index in [1.54, 1.807) is 18.0 Å². The van der Waals surface area contributed by atoms with E-state index in [9.17, 15) is 0 Å². The molecule has 0 bridgehead atoms. The number of aryl methyl sites for hydroxylation is 1. The number of thioether (sulfide) groups is 1. The number of hydrogen-bond donors (Lipinski definition) is 1. The summed E-state index contributed by atoms with van der Waals surface area (Å²) in [6, 6.07) is 4.02. The Labute approximate surface area is 162 Å². The van der Waals surface area contributed by atoms with Gasteiger partial charge in [0.1, 0.15) is 10.6 Å². The van der Waals surface area contributed by atoms with E-state index in [1.807, 2.05) is 23.6 Å². The Hall–Kier alpha value is -1.66.